The van der Waals surface area contributed by atoms with Crippen LogP contribution in [-0.2, 0) is 4.74 Å². The fraction of sp³-hybridized carbons (Fsp3) is 0.222. The number of hydrogen-bond donors (Lipinski definition) is 0. The number of nitrogens with one attached hydrogen (secondary N) is 1. The summed E-state index contributed by atoms with van der Waals surface area (Å²) in [6.07, 6.45) is 0. The molecule has 0 heterocycles. The van der Waals surface area contributed by atoms with Crippen molar-refractivity contribution in [2.24, 2.45) is 0 Å². The number of carbonyl (C=O) groups is 1. The predicted octanol–water partition coefficient (Wildman–Crippen LogP) is 1.70. The Morgan fingerprint density at radius 1 is 1.50 bits per heavy atom. The van der Waals surface area contributed by atoms with Crippen molar-refractivity contribution in [1.29, 1.82) is 0 Å². The Hall–Kier alpha value is -1.51. The third kappa shape index (κ3) is 1.56. The van der Waals surface area contributed by atoms with Gasteiger partial charge < -0.3 is 10.5 Å². The van der Waals surface area contributed by atoms with E-state index in [-0.39, 0.29) is 5.97 Å². The van der Waals surface area contributed by atoms with Crippen LogP contribution in [0.4, 0.5) is 5.69 Å². The van der Waals surface area contributed by atoms with Crippen LogP contribution in [0.2, 0.25) is 0 Å². The average Bonchev–Trinajstić information content (AvgIpc) is 2.08. The standard InChI is InChI=1S/C9H10NO2/c1-6-5-7(9(11)12-2)3-4-8(6)10/h3-5,10H,1-2H3. The average molecular weight is 164 g/mol. The van der Waals surface area contributed by atoms with E-state index in [0.717, 1.165) is 5.56 Å². The van der Waals surface area contributed by atoms with Gasteiger partial charge in [0.2, 0.25) is 0 Å². The van der Waals surface area contributed by atoms with E-state index in [9.17, 15) is 4.79 Å². The van der Waals surface area contributed by atoms with Gasteiger partial charge in [0.05, 0.1) is 18.4 Å². The molecule has 0 fully saturated rings. The minimum absolute atomic E-state index is 0.363. The lowest BCUT2D eigenvalue weighted by atomic mass is 10.1. The molecule has 1 N–H and O–H groups in total. The Bertz CT molecular complexity index is 307. The molecule has 1 rings (SSSR count). The fourth-order valence-corrected chi connectivity index (χ4v) is 0.908. The molecule has 0 aliphatic rings. The van der Waals surface area contributed by atoms with E-state index in [2.05, 4.69) is 4.74 Å². The van der Waals surface area contributed by atoms with E-state index in [1.807, 2.05) is 0 Å². The molecule has 0 amide bonds. The monoisotopic (exact) mass is 164 g/mol. The maximum atomic E-state index is 11.0. The zero-order valence-electron chi connectivity index (χ0n) is 7.05. The molecule has 3 heteroatoms. The van der Waals surface area contributed by atoms with Gasteiger partial charge in [0.1, 0.15) is 0 Å². The SMILES string of the molecule is COC(=O)c1ccc([NH])c(C)c1. The van der Waals surface area contributed by atoms with Gasteiger partial charge in [-0.05, 0) is 30.7 Å². The van der Waals surface area contributed by atoms with Crippen LogP contribution in [0, 0.1) is 6.92 Å². The van der Waals surface area contributed by atoms with Crippen LogP contribution in [0.3, 0.4) is 0 Å². The molecule has 0 aliphatic carbocycles. The van der Waals surface area contributed by atoms with Crippen LogP contribution in [-0.4, -0.2) is 13.1 Å². The van der Waals surface area contributed by atoms with Gasteiger partial charge in [-0.3, -0.25) is 0 Å². The molecule has 0 aliphatic heterocycles. The molecule has 3 nitrogen and oxygen atoms in total. The highest BCUT2D eigenvalue weighted by Crippen LogP contribution is 2.14. The van der Waals surface area contributed by atoms with Crippen molar-refractivity contribution < 1.29 is 9.53 Å². The largest absolute Gasteiger partial charge is 0.465 e. The molecule has 0 unspecified atom stereocenters. The third-order valence-electron chi connectivity index (χ3n) is 1.65. The summed E-state index contributed by atoms with van der Waals surface area (Å²) in [4.78, 5) is 11.0. The number of ether oxygens (including phenoxy) is 1. The van der Waals surface area contributed by atoms with Gasteiger partial charge in [-0.25, -0.2) is 4.79 Å². The lowest BCUT2D eigenvalue weighted by Gasteiger charge is -2.01. The van der Waals surface area contributed by atoms with Gasteiger partial charge in [0, 0.05) is 0 Å². The van der Waals surface area contributed by atoms with Crippen LogP contribution in [0.1, 0.15) is 15.9 Å². The number of hydrogen-bond acceptors (Lipinski definition) is 2. The number of esters is 1. The number of benzene rings is 1. The fourth-order valence-electron chi connectivity index (χ4n) is 0.908. The van der Waals surface area contributed by atoms with Gasteiger partial charge in [-0.15, -0.1) is 0 Å². The number of carbonyl (C=O) groups excluding carboxylic acids is 1. The zero-order chi connectivity index (χ0) is 9.14. The second-order valence-corrected chi connectivity index (χ2v) is 2.52. The van der Waals surface area contributed by atoms with Crippen molar-refractivity contribution in [2.75, 3.05) is 7.11 Å². The normalized spacial score (nSPS) is 9.50. The smallest absolute Gasteiger partial charge is 0.337 e. The van der Waals surface area contributed by atoms with E-state index in [1.54, 1.807) is 25.1 Å². The minimum atomic E-state index is -0.363. The summed E-state index contributed by atoms with van der Waals surface area (Å²) in [6.45, 7) is 1.79. The molecule has 0 saturated heterocycles. The molecular formula is C9H10NO2. The van der Waals surface area contributed by atoms with Crippen LogP contribution in [0.25, 0.3) is 0 Å². The topological polar surface area (TPSA) is 50.1 Å². The highest BCUT2D eigenvalue weighted by Gasteiger charge is 2.05. The van der Waals surface area contributed by atoms with Gasteiger partial charge in [0.25, 0.3) is 0 Å². The summed E-state index contributed by atoms with van der Waals surface area (Å²) in [6, 6.07) is 4.82. The number of aryl methyl sites for hydroxylation is 1. The third-order valence-corrected chi connectivity index (χ3v) is 1.65. The molecule has 12 heavy (non-hydrogen) atoms. The summed E-state index contributed by atoms with van der Waals surface area (Å²) < 4.78 is 4.53. The number of rotatable bonds is 1. The van der Waals surface area contributed by atoms with Crippen LogP contribution < -0.4 is 5.73 Å². The first-order chi connectivity index (χ1) is 5.65. The molecule has 0 aromatic heterocycles. The maximum absolute atomic E-state index is 11.0. The van der Waals surface area contributed by atoms with Gasteiger partial charge in [0.15, 0.2) is 0 Å². The molecule has 0 saturated carbocycles. The van der Waals surface area contributed by atoms with Crippen molar-refractivity contribution in [2.45, 2.75) is 6.92 Å². The summed E-state index contributed by atoms with van der Waals surface area (Å²) >= 11 is 0. The maximum Gasteiger partial charge on any atom is 0.337 e. The lowest BCUT2D eigenvalue weighted by molar-refractivity contribution is 0.0600. The van der Waals surface area contributed by atoms with E-state index < -0.39 is 0 Å². The Morgan fingerprint density at radius 3 is 2.67 bits per heavy atom. The Morgan fingerprint density at radius 2 is 2.17 bits per heavy atom. The molecule has 0 bridgehead atoms. The highest BCUT2D eigenvalue weighted by atomic mass is 16.5. The van der Waals surface area contributed by atoms with Crippen molar-refractivity contribution in [3.63, 3.8) is 0 Å². The summed E-state index contributed by atoms with van der Waals surface area (Å²) in [5, 5.41) is 0. The summed E-state index contributed by atoms with van der Waals surface area (Å²) in [7, 11) is 1.34. The van der Waals surface area contributed by atoms with Crippen LogP contribution >= 0.6 is 0 Å². The lowest BCUT2D eigenvalue weighted by Crippen LogP contribution is -2.01. The van der Waals surface area contributed by atoms with Crippen LogP contribution in [0.15, 0.2) is 18.2 Å². The quantitative estimate of drug-likeness (QED) is 0.593. The minimum Gasteiger partial charge on any atom is -0.465 e. The van der Waals surface area contributed by atoms with Crippen molar-refractivity contribution >= 4 is 11.7 Å². The molecule has 63 valence electrons. The molecule has 1 aromatic rings. The van der Waals surface area contributed by atoms with E-state index >= 15 is 0 Å². The van der Waals surface area contributed by atoms with Crippen LogP contribution in [0.5, 0.6) is 0 Å². The molecular weight excluding hydrogens is 154 g/mol. The van der Waals surface area contributed by atoms with Crippen molar-refractivity contribution in [1.82, 2.24) is 5.73 Å². The van der Waals surface area contributed by atoms with Crippen molar-refractivity contribution in [3.05, 3.63) is 29.3 Å². The number of methoxy groups -OCH3 is 1. The molecule has 1 aromatic carbocycles. The zero-order valence-corrected chi connectivity index (χ0v) is 7.05. The van der Waals surface area contributed by atoms with E-state index in [4.69, 9.17) is 5.73 Å². The highest BCUT2D eigenvalue weighted by molar-refractivity contribution is 5.89. The summed E-state index contributed by atoms with van der Waals surface area (Å²) in [5.74, 6) is -0.363. The van der Waals surface area contributed by atoms with Gasteiger partial charge in [-0.1, -0.05) is 0 Å². The first-order valence-corrected chi connectivity index (χ1v) is 3.55. The first kappa shape index (κ1) is 8.59. The second-order valence-electron chi connectivity index (χ2n) is 2.52. The second kappa shape index (κ2) is 3.26. The first-order valence-electron chi connectivity index (χ1n) is 3.55. The van der Waals surface area contributed by atoms with Gasteiger partial charge >= 0.3 is 5.97 Å². The Labute approximate surface area is 71.1 Å². The van der Waals surface area contributed by atoms with E-state index in [1.165, 1.54) is 7.11 Å². The molecule has 0 atom stereocenters. The Balaban J connectivity index is 3.05. The molecule has 1 radical (unpaired) electrons. The summed E-state index contributed by atoms with van der Waals surface area (Å²) in [5.41, 5.74) is 9.06. The van der Waals surface area contributed by atoms with Crippen molar-refractivity contribution in [3.8, 4) is 0 Å². The Kier molecular flexibility index (Phi) is 2.33. The molecule has 0 spiro atoms. The predicted molar refractivity (Wildman–Crippen MR) is 45.3 cm³/mol. The van der Waals surface area contributed by atoms with E-state index in [0.29, 0.717) is 11.3 Å². The van der Waals surface area contributed by atoms with Gasteiger partial charge in [-0.2, -0.15) is 0 Å².